The average Bonchev–Trinajstić information content (AvgIpc) is 2.82. The van der Waals surface area contributed by atoms with Crippen molar-refractivity contribution in [1.82, 2.24) is 5.06 Å². The average molecular weight is 460 g/mol. The Morgan fingerprint density at radius 2 is 1.67 bits per heavy atom. The third-order valence-electron chi connectivity index (χ3n) is 8.16. The van der Waals surface area contributed by atoms with Gasteiger partial charge in [-0.05, 0) is 45.6 Å². The van der Waals surface area contributed by atoms with Crippen LogP contribution in [-0.2, 0) is 14.4 Å². The lowest BCUT2D eigenvalue weighted by Crippen LogP contribution is -2.68. The lowest BCUT2D eigenvalue weighted by molar-refractivity contribution is -0.336. The monoisotopic (exact) mass is 459 g/mol. The molecule has 0 aromatic heterocycles. The van der Waals surface area contributed by atoms with Crippen LogP contribution < -0.4 is 0 Å². The standard InChI is InChI=1S/C29H49NO3/c1-8-11-12-13-14-18-21-27(31)32-26-22-28(6,9-2)30(29(7,10-3)23(26)4)33-24(5)25-19-16-15-17-20-25/h15-17,19-20,23-24,26H,8-14,18,21-22H2,1-7H3. The van der Waals surface area contributed by atoms with E-state index in [0.29, 0.717) is 6.42 Å². The number of unbranched alkanes of at least 4 members (excludes halogenated alkanes) is 5. The molecule has 5 unspecified atom stereocenters. The summed E-state index contributed by atoms with van der Waals surface area (Å²) in [6.45, 7) is 15.5. The first-order chi connectivity index (χ1) is 15.7. The number of rotatable bonds is 13. The molecular formula is C29H49NO3. The summed E-state index contributed by atoms with van der Waals surface area (Å²) in [4.78, 5) is 19.4. The Kier molecular flexibility index (Phi) is 10.9. The fraction of sp³-hybridized carbons (Fsp3) is 0.759. The topological polar surface area (TPSA) is 38.8 Å². The van der Waals surface area contributed by atoms with Gasteiger partial charge in [0.25, 0.3) is 0 Å². The van der Waals surface area contributed by atoms with Gasteiger partial charge in [0, 0.05) is 29.8 Å². The Bertz CT molecular complexity index is 708. The van der Waals surface area contributed by atoms with Crippen molar-refractivity contribution >= 4 is 5.97 Å². The van der Waals surface area contributed by atoms with Crippen molar-refractivity contribution in [2.24, 2.45) is 5.92 Å². The van der Waals surface area contributed by atoms with E-state index in [9.17, 15) is 4.79 Å². The Morgan fingerprint density at radius 3 is 2.27 bits per heavy atom. The predicted octanol–water partition coefficient (Wildman–Crippen LogP) is 8.02. The molecule has 0 N–H and O–H groups in total. The fourth-order valence-electron chi connectivity index (χ4n) is 5.26. The molecule has 0 spiro atoms. The summed E-state index contributed by atoms with van der Waals surface area (Å²) in [7, 11) is 0. The Morgan fingerprint density at radius 1 is 1.03 bits per heavy atom. The molecule has 1 heterocycles. The molecule has 0 radical (unpaired) electrons. The molecule has 33 heavy (non-hydrogen) atoms. The normalized spacial score (nSPS) is 29.1. The first kappa shape index (κ1) is 27.9. The molecule has 1 aliphatic rings. The van der Waals surface area contributed by atoms with Crippen molar-refractivity contribution in [3.05, 3.63) is 35.9 Å². The second-order valence-electron chi connectivity index (χ2n) is 10.6. The molecule has 4 nitrogen and oxygen atoms in total. The predicted molar refractivity (Wildman–Crippen MR) is 137 cm³/mol. The summed E-state index contributed by atoms with van der Waals surface area (Å²) < 4.78 is 6.14. The highest BCUT2D eigenvalue weighted by Gasteiger charge is 2.55. The van der Waals surface area contributed by atoms with E-state index < -0.39 is 0 Å². The minimum absolute atomic E-state index is 0.0359. The van der Waals surface area contributed by atoms with Crippen LogP contribution in [0.5, 0.6) is 0 Å². The van der Waals surface area contributed by atoms with Gasteiger partial charge in [0.2, 0.25) is 0 Å². The Hall–Kier alpha value is -1.39. The van der Waals surface area contributed by atoms with E-state index in [1.165, 1.54) is 31.2 Å². The van der Waals surface area contributed by atoms with Crippen LogP contribution in [0.1, 0.15) is 124 Å². The van der Waals surface area contributed by atoms with Gasteiger partial charge in [0.1, 0.15) is 12.2 Å². The van der Waals surface area contributed by atoms with Crippen molar-refractivity contribution in [3.63, 3.8) is 0 Å². The van der Waals surface area contributed by atoms with E-state index in [1.54, 1.807) is 0 Å². The van der Waals surface area contributed by atoms with Crippen LogP contribution in [0.3, 0.4) is 0 Å². The number of hydroxylamine groups is 2. The molecule has 2 rings (SSSR count). The lowest BCUT2D eigenvalue weighted by atomic mass is 9.69. The van der Waals surface area contributed by atoms with Crippen LogP contribution in [0.4, 0.5) is 0 Å². The highest BCUT2D eigenvalue weighted by atomic mass is 16.7. The van der Waals surface area contributed by atoms with Crippen LogP contribution in [0.25, 0.3) is 0 Å². The SMILES string of the molecule is CCCCCCCCC(=O)OC1CC(C)(CC)N(OC(C)c2ccccc2)C(C)(CC)C1C. The molecule has 188 valence electrons. The van der Waals surface area contributed by atoms with Crippen molar-refractivity contribution < 1.29 is 14.4 Å². The first-order valence-electron chi connectivity index (χ1n) is 13.4. The van der Waals surface area contributed by atoms with E-state index in [-0.39, 0.29) is 35.2 Å². The number of nitrogens with zero attached hydrogens (tertiary/aromatic N) is 1. The highest BCUT2D eigenvalue weighted by molar-refractivity contribution is 5.69. The maximum atomic E-state index is 12.7. The van der Waals surface area contributed by atoms with Crippen LogP contribution >= 0.6 is 0 Å². The quantitative estimate of drug-likeness (QED) is 0.221. The molecule has 0 bridgehead atoms. The number of carbonyl (C=O) groups excluding carboxylic acids is 1. The maximum Gasteiger partial charge on any atom is 0.306 e. The Labute approximate surface area is 203 Å². The zero-order chi connectivity index (χ0) is 24.5. The second kappa shape index (κ2) is 12.9. The number of hydrogen-bond donors (Lipinski definition) is 0. The zero-order valence-electron chi connectivity index (χ0n) is 22.4. The van der Waals surface area contributed by atoms with E-state index in [0.717, 1.165) is 32.1 Å². The van der Waals surface area contributed by atoms with E-state index in [1.807, 2.05) is 6.07 Å². The summed E-state index contributed by atoms with van der Waals surface area (Å²) in [6, 6.07) is 10.4. The van der Waals surface area contributed by atoms with Gasteiger partial charge in [-0.1, -0.05) is 90.1 Å². The van der Waals surface area contributed by atoms with E-state index in [2.05, 4.69) is 77.8 Å². The third kappa shape index (κ3) is 7.05. The van der Waals surface area contributed by atoms with E-state index in [4.69, 9.17) is 9.57 Å². The molecule has 1 aromatic rings. The van der Waals surface area contributed by atoms with Crippen molar-refractivity contribution in [1.29, 1.82) is 0 Å². The molecule has 5 atom stereocenters. The van der Waals surface area contributed by atoms with Gasteiger partial charge in [0.05, 0.1) is 0 Å². The van der Waals surface area contributed by atoms with Crippen LogP contribution in [0.15, 0.2) is 30.3 Å². The van der Waals surface area contributed by atoms with Gasteiger partial charge in [-0.15, -0.1) is 0 Å². The second-order valence-corrected chi connectivity index (χ2v) is 10.6. The van der Waals surface area contributed by atoms with Gasteiger partial charge in [-0.3, -0.25) is 9.63 Å². The summed E-state index contributed by atoms with van der Waals surface area (Å²) >= 11 is 0. The number of ether oxygens (including phenoxy) is 1. The summed E-state index contributed by atoms with van der Waals surface area (Å²) in [5.41, 5.74) is 0.747. The van der Waals surface area contributed by atoms with Gasteiger partial charge in [-0.2, -0.15) is 5.06 Å². The number of esters is 1. The molecule has 0 saturated carbocycles. The molecular weight excluding hydrogens is 410 g/mol. The van der Waals surface area contributed by atoms with Gasteiger partial charge < -0.3 is 4.74 Å². The molecule has 4 heteroatoms. The summed E-state index contributed by atoms with van der Waals surface area (Å²) in [6.07, 6.45) is 10.1. The number of benzene rings is 1. The minimum atomic E-state index is -0.225. The van der Waals surface area contributed by atoms with Crippen molar-refractivity contribution in [2.45, 2.75) is 136 Å². The minimum Gasteiger partial charge on any atom is -0.462 e. The van der Waals surface area contributed by atoms with Crippen LogP contribution in [-0.4, -0.2) is 28.2 Å². The molecule has 0 aliphatic carbocycles. The number of carbonyl (C=O) groups is 1. The molecule has 0 amide bonds. The maximum absolute atomic E-state index is 12.7. The van der Waals surface area contributed by atoms with Crippen LogP contribution in [0, 0.1) is 5.92 Å². The summed E-state index contributed by atoms with van der Waals surface area (Å²) in [5.74, 6) is 0.143. The largest absolute Gasteiger partial charge is 0.462 e. The first-order valence-corrected chi connectivity index (χ1v) is 13.4. The zero-order valence-corrected chi connectivity index (χ0v) is 22.4. The lowest BCUT2D eigenvalue weighted by Gasteiger charge is -2.59. The number of hydrogen-bond acceptors (Lipinski definition) is 4. The van der Waals surface area contributed by atoms with Crippen molar-refractivity contribution in [3.8, 4) is 0 Å². The van der Waals surface area contributed by atoms with Crippen molar-refractivity contribution in [2.75, 3.05) is 0 Å². The van der Waals surface area contributed by atoms with Gasteiger partial charge >= 0.3 is 5.97 Å². The highest BCUT2D eigenvalue weighted by Crippen LogP contribution is 2.48. The van der Waals surface area contributed by atoms with Gasteiger partial charge in [0.15, 0.2) is 0 Å². The number of piperidine rings is 1. The summed E-state index contributed by atoms with van der Waals surface area (Å²) in [5, 5.41) is 2.26. The fourth-order valence-corrected chi connectivity index (χ4v) is 5.26. The smallest absolute Gasteiger partial charge is 0.306 e. The molecule has 1 fully saturated rings. The van der Waals surface area contributed by atoms with Crippen LogP contribution in [0.2, 0.25) is 0 Å². The van der Waals surface area contributed by atoms with E-state index >= 15 is 0 Å². The Balaban J connectivity index is 2.08. The molecule has 1 aliphatic heterocycles. The van der Waals surface area contributed by atoms with Gasteiger partial charge in [-0.25, -0.2) is 0 Å². The molecule has 1 saturated heterocycles. The molecule has 1 aromatic carbocycles. The third-order valence-corrected chi connectivity index (χ3v) is 8.16.